The van der Waals surface area contributed by atoms with Gasteiger partial charge in [0.2, 0.25) is 15.9 Å². The predicted octanol–water partition coefficient (Wildman–Crippen LogP) is 3.05. The van der Waals surface area contributed by atoms with Crippen molar-refractivity contribution in [1.29, 1.82) is 0 Å². The highest BCUT2D eigenvalue weighted by atomic mass is 35.5. The van der Waals surface area contributed by atoms with Crippen molar-refractivity contribution in [2.24, 2.45) is 5.92 Å². The number of hydrogen-bond donors (Lipinski definition) is 1. The predicted molar refractivity (Wildman–Crippen MR) is 95.4 cm³/mol. The third kappa shape index (κ3) is 5.19. The van der Waals surface area contributed by atoms with E-state index >= 15 is 0 Å². The van der Waals surface area contributed by atoms with Crippen LogP contribution < -0.4 is 4.72 Å². The van der Waals surface area contributed by atoms with E-state index in [4.69, 9.17) is 11.6 Å². The molecule has 5 nitrogen and oxygen atoms in total. The smallest absolute Gasteiger partial charge is 0.241 e. The molecule has 134 valence electrons. The number of benzene rings is 1. The van der Waals surface area contributed by atoms with Gasteiger partial charge in [0.1, 0.15) is 6.04 Å². The fraction of sp³-hybridized carbons (Fsp3) is 0.588. The molecule has 0 aliphatic carbocycles. The minimum Gasteiger partial charge on any atom is -0.341 e. The van der Waals surface area contributed by atoms with Crippen LogP contribution in [0.4, 0.5) is 0 Å². The molecule has 1 fully saturated rings. The zero-order valence-corrected chi connectivity index (χ0v) is 15.7. The standard InChI is InChI=1S/C17H25ClN2O3S/c1-13(2)12-16(17(21)20-10-4-3-5-11-20)19-24(22,23)15-8-6-14(18)7-9-15/h6-9,13,16,19H,3-5,10-12H2,1-2H3/t16-/m1/s1. The summed E-state index contributed by atoms with van der Waals surface area (Å²) >= 11 is 5.81. The molecule has 1 saturated heterocycles. The van der Waals surface area contributed by atoms with Gasteiger partial charge in [-0.1, -0.05) is 25.4 Å². The van der Waals surface area contributed by atoms with E-state index < -0.39 is 16.1 Å². The number of rotatable bonds is 6. The largest absolute Gasteiger partial charge is 0.341 e. The van der Waals surface area contributed by atoms with Crippen molar-refractivity contribution in [1.82, 2.24) is 9.62 Å². The molecular weight excluding hydrogens is 348 g/mol. The third-order valence-electron chi connectivity index (χ3n) is 4.09. The summed E-state index contributed by atoms with van der Waals surface area (Å²) in [5, 5.41) is 0.470. The van der Waals surface area contributed by atoms with Crippen LogP contribution in [0.1, 0.15) is 39.5 Å². The quantitative estimate of drug-likeness (QED) is 0.834. The van der Waals surface area contributed by atoms with E-state index in [-0.39, 0.29) is 16.7 Å². The second-order valence-electron chi connectivity index (χ2n) is 6.64. The van der Waals surface area contributed by atoms with E-state index in [9.17, 15) is 13.2 Å². The highest BCUT2D eigenvalue weighted by molar-refractivity contribution is 7.89. The maximum atomic E-state index is 12.8. The van der Waals surface area contributed by atoms with Gasteiger partial charge in [-0.2, -0.15) is 4.72 Å². The Hall–Kier alpha value is -1.11. The molecule has 1 heterocycles. The van der Waals surface area contributed by atoms with Gasteiger partial charge in [-0.25, -0.2) is 8.42 Å². The van der Waals surface area contributed by atoms with E-state index in [1.54, 1.807) is 4.90 Å². The van der Waals surface area contributed by atoms with Gasteiger partial charge in [0.15, 0.2) is 0 Å². The molecule has 24 heavy (non-hydrogen) atoms. The number of hydrogen-bond acceptors (Lipinski definition) is 3. The van der Waals surface area contributed by atoms with Crippen molar-refractivity contribution in [2.45, 2.75) is 50.5 Å². The van der Waals surface area contributed by atoms with Crippen molar-refractivity contribution in [3.8, 4) is 0 Å². The number of nitrogens with one attached hydrogen (secondary N) is 1. The van der Waals surface area contributed by atoms with Crippen molar-refractivity contribution in [3.05, 3.63) is 29.3 Å². The lowest BCUT2D eigenvalue weighted by molar-refractivity contribution is -0.134. The summed E-state index contributed by atoms with van der Waals surface area (Å²) in [5.41, 5.74) is 0. The molecule has 1 amide bonds. The second kappa shape index (κ2) is 8.32. The molecule has 1 aliphatic heterocycles. The Morgan fingerprint density at radius 1 is 1.17 bits per heavy atom. The van der Waals surface area contributed by atoms with Gasteiger partial charge < -0.3 is 4.90 Å². The van der Waals surface area contributed by atoms with Gasteiger partial charge in [-0.15, -0.1) is 0 Å². The van der Waals surface area contributed by atoms with Gasteiger partial charge in [-0.3, -0.25) is 4.79 Å². The lowest BCUT2D eigenvalue weighted by Crippen LogP contribution is -2.50. The first-order valence-electron chi connectivity index (χ1n) is 8.36. The van der Waals surface area contributed by atoms with Crippen molar-refractivity contribution >= 4 is 27.5 Å². The minimum absolute atomic E-state index is 0.118. The van der Waals surface area contributed by atoms with Gasteiger partial charge in [0, 0.05) is 18.1 Å². The molecule has 1 aromatic carbocycles. The molecule has 2 rings (SSSR count). The molecule has 0 unspecified atom stereocenters. The molecule has 7 heteroatoms. The first-order chi connectivity index (χ1) is 11.3. The van der Waals surface area contributed by atoms with Crippen LogP contribution in [0.2, 0.25) is 5.02 Å². The third-order valence-corrected chi connectivity index (χ3v) is 5.83. The summed E-state index contributed by atoms with van der Waals surface area (Å²) in [7, 11) is -3.76. The molecule has 0 bridgehead atoms. The highest BCUT2D eigenvalue weighted by Crippen LogP contribution is 2.18. The van der Waals surface area contributed by atoms with Crippen LogP contribution in [0.5, 0.6) is 0 Å². The molecule has 0 aromatic heterocycles. The van der Waals surface area contributed by atoms with Crippen molar-refractivity contribution < 1.29 is 13.2 Å². The topological polar surface area (TPSA) is 66.5 Å². The van der Waals surface area contributed by atoms with Crippen LogP contribution in [0, 0.1) is 5.92 Å². The van der Waals surface area contributed by atoms with E-state index in [0.29, 0.717) is 24.5 Å². The zero-order chi connectivity index (χ0) is 17.7. The summed E-state index contributed by atoms with van der Waals surface area (Å²) in [6.07, 6.45) is 3.55. The average Bonchev–Trinajstić information content (AvgIpc) is 2.54. The molecule has 1 aromatic rings. The lowest BCUT2D eigenvalue weighted by Gasteiger charge is -2.31. The number of halogens is 1. The summed E-state index contributed by atoms with van der Waals surface area (Å²) < 4.78 is 27.8. The van der Waals surface area contributed by atoms with E-state index in [1.807, 2.05) is 13.8 Å². The van der Waals surface area contributed by atoms with Gasteiger partial charge in [0.05, 0.1) is 4.90 Å². The van der Waals surface area contributed by atoms with Crippen LogP contribution in [-0.2, 0) is 14.8 Å². The van der Waals surface area contributed by atoms with Crippen molar-refractivity contribution in [2.75, 3.05) is 13.1 Å². The number of likely N-dealkylation sites (tertiary alicyclic amines) is 1. The summed E-state index contributed by atoms with van der Waals surface area (Å²) in [6.45, 7) is 5.37. The Labute approximate surface area is 149 Å². The normalized spacial score (nSPS) is 17.1. The number of sulfonamides is 1. The average molecular weight is 373 g/mol. The molecule has 1 atom stereocenters. The van der Waals surface area contributed by atoms with E-state index in [2.05, 4.69) is 4.72 Å². The molecule has 0 spiro atoms. The molecule has 1 aliphatic rings. The number of amides is 1. The second-order valence-corrected chi connectivity index (χ2v) is 8.79. The molecule has 0 saturated carbocycles. The summed E-state index contributed by atoms with van der Waals surface area (Å²) in [6, 6.07) is 5.22. The maximum absolute atomic E-state index is 12.8. The summed E-state index contributed by atoms with van der Waals surface area (Å²) in [4.78, 5) is 14.7. The number of carbonyl (C=O) groups excluding carboxylic acids is 1. The Morgan fingerprint density at radius 3 is 2.29 bits per heavy atom. The first kappa shape index (κ1) is 19.2. The number of nitrogens with zero attached hydrogens (tertiary/aromatic N) is 1. The van der Waals surface area contributed by atoms with Gasteiger partial charge >= 0.3 is 0 Å². The van der Waals surface area contributed by atoms with Crippen LogP contribution in [0.25, 0.3) is 0 Å². The Morgan fingerprint density at radius 2 is 1.75 bits per heavy atom. The number of piperidine rings is 1. The van der Waals surface area contributed by atoms with Gasteiger partial charge in [-0.05, 0) is 55.9 Å². The fourth-order valence-corrected chi connectivity index (χ4v) is 4.20. The van der Waals surface area contributed by atoms with Gasteiger partial charge in [0.25, 0.3) is 0 Å². The zero-order valence-electron chi connectivity index (χ0n) is 14.2. The Balaban J connectivity index is 2.17. The van der Waals surface area contributed by atoms with Crippen molar-refractivity contribution in [3.63, 3.8) is 0 Å². The monoisotopic (exact) mass is 372 g/mol. The SMILES string of the molecule is CC(C)C[C@@H](NS(=O)(=O)c1ccc(Cl)cc1)C(=O)N1CCCCC1. The molecule has 0 radical (unpaired) electrons. The highest BCUT2D eigenvalue weighted by Gasteiger charge is 2.30. The van der Waals surface area contributed by atoms with E-state index in [1.165, 1.54) is 24.3 Å². The molecule has 1 N–H and O–H groups in total. The minimum atomic E-state index is -3.76. The first-order valence-corrected chi connectivity index (χ1v) is 10.2. The summed E-state index contributed by atoms with van der Waals surface area (Å²) in [5.74, 6) is 0.0811. The van der Waals surface area contributed by atoms with Crippen LogP contribution in [0.3, 0.4) is 0 Å². The van der Waals surface area contributed by atoms with Crippen LogP contribution >= 0.6 is 11.6 Å². The number of carbonyl (C=O) groups is 1. The molecular formula is C17H25ClN2O3S. The Kier molecular flexibility index (Phi) is 6.66. The maximum Gasteiger partial charge on any atom is 0.241 e. The van der Waals surface area contributed by atoms with Crippen LogP contribution in [-0.4, -0.2) is 38.4 Å². The van der Waals surface area contributed by atoms with Crippen LogP contribution in [0.15, 0.2) is 29.2 Å². The Bertz CT molecular complexity index is 653. The van der Waals surface area contributed by atoms with E-state index in [0.717, 1.165) is 19.3 Å². The lowest BCUT2D eigenvalue weighted by atomic mass is 10.0. The fourth-order valence-electron chi connectivity index (χ4n) is 2.87.